The summed E-state index contributed by atoms with van der Waals surface area (Å²) in [5.41, 5.74) is 14.7. The van der Waals surface area contributed by atoms with Crippen LogP contribution in [0.15, 0.2) is 212 Å². The summed E-state index contributed by atoms with van der Waals surface area (Å²) in [5, 5.41) is 2.34. The molecule has 2 nitrogen and oxygen atoms in total. The molecule has 0 radical (unpaired) electrons. The first kappa shape index (κ1) is 31.6. The van der Waals surface area contributed by atoms with Gasteiger partial charge in [0.1, 0.15) is 11.5 Å². The molecule has 9 aromatic carbocycles. The van der Waals surface area contributed by atoms with Gasteiger partial charge >= 0.3 is 0 Å². The van der Waals surface area contributed by atoms with Crippen molar-refractivity contribution in [3.63, 3.8) is 0 Å². The van der Waals surface area contributed by atoms with Crippen LogP contribution in [0, 0.1) is 0 Å². The van der Waals surface area contributed by atoms with Gasteiger partial charge in [-0.05, 0) is 98.2 Å². The number of benzene rings is 9. The Bertz CT molecular complexity index is 2670. The zero-order chi connectivity index (χ0) is 35.8. The van der Waals surface area contributed by atoms with Gasteiger partial charge in [0.2, 0.25) is 0 Å². The maximum absolute atomic E-state index is 7.07. The molecular weight excluding hydrogens is 655 g/mol. The highest BCUT2D eigenvalue weighted by atomic mass is 16.5. The second-order valence-electron chi connectivity index (χ2n) is 13.7. The highest BCUT2D eigenvalue weighted by Gasteiger charge is 2.26. The SMILES string of the molecule is c1ccc(-c2ccc(N(c3ccc(-c4ccccc4)cc3)c3ccc4c(c3)Oc3cc5ccccc5cc3-c3cccc(-c5ccccc5)c3-4)cc2)cc1. The molecule has 0 unspecified atom stereocenters. The molecule has 0 aromatic heterocycles. The summed E-state index contributed by atoms with van der Waals surface area (Å²) in [7, 11) is 0. The molecule has 254 valence electrons. The van der Waals surface area contributed by atoms with E-state index in [2.05, 4.69) is 217 Å². The van der Waals surface area contributed by atoms with Crippen molar-refractivity contribution in [3.05, 3.63) is 212 Å². The third-order valence-electron chi connectivity index (χ3n) is 10.5. The first-order chi connectivity index (χ1) is 26.8. The number of ether oxygens (including phenoxy) is 1. The van der Waals surface area contributed by atoms with Crippen molar-refractivity contribution >= 4 is 27.8 Å². The average Bonchev–Trinajstić information content (AvgIpc) is 3.38. The molecule has 0 spiro atoms. The normalized spacial score (nSPS) is 11.5. The fourth-order valence-corrected chi connectivity index (χ4v) is 7.81. The van der Waals surface area contributed by atoms with Crippen molar-refractivity contribution in [2.75, 3.05) is 4.90 Å². The van der Waals surface area contributed by atoms with Crippen molar-refractivity contribution in [1.82, 2.24) is 0 Å². The fourth-order valence-electron chi connectivity index (χ4n) is 7.81. The van der Waals surface area contributed by atoms with E-state index in [1.54, 1.807) is 0 Å². The van der Waals surface area contributed by atoms with Crippen LogP contribution in [0.25, 0.3) is 66.4 Å². The van der Waals surface area contributed by atoms with E-state index in [9.17, 15) is 0 Å². The lowest BCUT2D eigenvalue weighted by Crippen LogP contribution is -2.10. The Balaban J connectivity index is 1.16. The van der Waals surface area contributed by atoms with Crippen LogP contribution >= 0.6 is 0 Å². The van der Waals surface area contributed by atoms with Crippen LogP contribution in [-0.2, 0) is 0 Å². The van der Waals surface area contributed by atoms with E-state index >= 15 is 0 Å². The minimum Gasteiger partial charge on any atom is -0.456 e. The third-order valence-corrected chi connectivity index (χ3v) is 10.5. The van der Waals surface area contributed by atoms with Crippen LogP contribution in [0.1, 0.15) is 0 Å². The zero-order valence-corrected chi connectivity index (χ0v) is 29.6. The van der Waals surface area contributed by atoms with Gasteiger partial charge in [-0.2, -0.15) is 0 Å². The first-order valence-electron chi connectivity index (χ1n) is 18.4. The third kappa shape index (κ3) is 5.71. The van der Waals surface area contributed by atoms with Gasteiger partial charge in [-0.15, -0.1) is 0 Å². The lowest BCUT2D eigenvalue weighted by atomic mass is 9.87. The van der Waals surface area contributed by atoms with Crippen LogP contribution in [0.3, 0.4) is 0 Å². The number of hydrogen-bond donors (Lipinski definition) is 0. The molecule has 54 heavy (non-hydrogen) atoms. The highest BCUT2D eigenvalue weighted by molar-refractivity contribution is 6.02. The van der Waals surface area contributed by atoms with Gasteiger partial charge in [0.25, 0.3) is 0 Å². The van der Waals surface area contributed by atoms with E-state index in [-0.39, 0.29) is 0 Å². The summed E-state index contributed by atoms with van der Waals surface area (Å²) in [4.78, 5) is 2.32. The number of nitrogens with zero attached hydrogens (tertiary/aromatic N) is 1. The van der Waals surface area contributed by atoms with Gasteiger partial charge in [0.05, 0.1) is 0 Å². The molecule has 1 heterocycles. The molecule has 0 atom stereocenters. The predicted molar refractivity (Wildman–Crippen MR) is 226 cm³/mol. The van der Waals surface area contributed by atoms with Gasteiger partial charge in [-0.3, -0.25) is 0 Å². The lowest BCUT2D eigenvalue weighted by Gasteiger charge is -2.27. The maximum atomic E-state index is 7.07. The van der Waals surface area contributed by atoms with Crippen molar-refractivity contribution in [2.24, 2.45) is 0 Å². The quantitative estimate of drug-likeness (QED) is 0.172. The summed E-state index contributed by atoms with van der Waals surface area (Å²) in [6.07, 6.45) is 0. The second-order valence-corrected chi connectivity index (χ2v) is 13.7. The topological polar surface area (TPSA) is 12.5 Å². The summed E-state index contributed by atoms with van der Waals surface area (Å²) in [6.45, 7) is 0. The van der Waals surface area contributed by atoms with E-state index < -0.39 is 0 Å². The minimum absolute atomic E-state index is 0.818. The number of fused-ring (bicyclic) bond motifs is 6. The first-order valence-corrected chi connectivity index (χ1v) is 18.4. The monoisotopic (exact) mass is 689 g/mol. The van der Waals surface area contributed by atoms with Crippen molar-refractivity contribution < 1.29 is 4.74 Å². The van der Waals surface area contributed by atoms with Crippen molar-refractivity contribution in [1.29, 1.82) is 0 Å². The molecule has 0 fully saturated rings. The lowest BCUT2D eigenvalue weighted by molar-refractivity contribution is 0.488. The molecule has 9 aromatic rings. The number of anilines is 3. The smallest absolute Gasteiger partial charge is 0.137 e. The maximum Gasteiger partial charge on any atom is 0.137 e. The Morgan fingerprint density at radius 3 is 1.33 bits per heavy atom. The molecule has 2 heteroatoms. The number of hydrogen-bond acceptors (Lipinski definition) is 2. The van der Waals surface area contributed by atoms with Crippen LogP contribution in [-0.4, -0.2) is 0 Å². The summed E-state index contributed by atoms with van der Waals surface area (Å²) >= 11 is 0. The molecule has 0 bridgehead atoms. The largest absolute Gasteiger partial charge is 0.456 e. The van der Waals surface area contributed by atoms with Crippen molar-refractivity contribution in [3.8, 4) is 67.1 Å². The molecule has 10 rings (SSSR count). The van der Waals surface area contributed by atoms with Gasteiger partial charge in [0, 0.05) is 39.8 Å². The van der Waals surface area contributed by atoms with E-state index in [4.69, 9.17) is 4.74 Å². The summed E-state index contributed by atoms with van der Waals surface area (Å²) in [6, 6.07) is 75.7. The predicted octanol–water partition coefficient (Wildman–Crippen LogP) is 14.8. The van der Waals surface area contributed by atoms with Gasteiger partial charge in [-0.25, -0.2) is 0 Å². The Kier molecular flexibility index (Phi) is 7.85. The van der Waals surface area contributed by atoms with Gasteiger partial charge in [-0.1, -0.05) is 158 Å². The zero-order valence-electron chi connectivity index (χ0n) is 29.6. The summed E-state index contributed by atoms with van der Waals surface area (Å²) < 4.78 is 7.07. The molecule has 0 aliphatic carbocycles. The van der Waals surface area contributed by atoms with E-state index in [1.165, 1.54) is 44.3 Å². The van der Waals surface area contributed by atoms with E-state index in [0.29, 0.717) is 0 Å². The Hall–Kier alpha value is -7.16. The molecule has 0 saturated heterocycles. The van der Waals surface area contributed by atoms with Gasteiger partial charge in [0.15, 0.2) is 0 Å². The summed E-state index contributed by atoms with van der Waals surface area (Å²) in [5.74, 6) is 1.67. The standard InChI is InChI=1S/C52H35NO/c1-4-13-36(14-5-1)38-23-27-43(28-24-38)53(44-29-25-39(26-30-44)37-15-6-2-7-16-37)45-31-32-48-51(35-45)54-50-34-42-20-11-10-19-41(42)33-49(50)47-22-12-21-46(52(47)48)40-17-8-3-9-18-40/h1-35H. The molecule has 0 amide bonds. The highest BCUT2D eigenvalue weighted by Crippen LogP contribution is 2.52. The Morgan fingerprint density at radius 1 is 0.278 bits per heavy atom. The molecular formula is C52H35NO. The van der Waals surface area contributed by atoms with Crippen molar-refractivity contribution in [2.45, 2.75) is 0 Å². The second kappa shape index (κ2) is 13.4. The molecule has 0 N–H and O–H groups in total. The molecule has 1 aliphatic heterocycles. The molecule has 0 saturated carbocycles. The average molecular weight is 690 g/mol. The van der Waals surface area contributed by atoms with E-state index in [0.717, 1.165) is 50.6 Å². The fraction of sp³-hybridized carbons (Fsp3) is 0. The van der Waals surface area contributed by atoms with E-state index in [1.807, 2.05) is 0 Å². The van der Waals surface area contributed by atoms with Gasteiger partial charge < -0.3 is 9.64 Å². The van der Waals surface area contributed by atoms with Crippen LogP contribution in [0.4, 0.5) is 17.1 Å². The van der Waals surface area contributed by atoms with Crippen LogP contribution in [0.2, 0.25) is 0 Å². The van der Waals surface area contributed by atoms with Crippen LogP contribution in [0.5, 0.6) is 11.5 Å². The van der Waals surface area contributed by atoms with Crippen LogP contribution < -0.4 is 9.64 Å². The molecule has 1 aliphatic rings. The Morgan fingerprint density at radius 2 is 0.741 bits per heavy atom. The number of rotatable bonds is 6. The Labute approximate surface area is 315 Å². The minimum atomic E-state index is 0.818.